The fourth-order valence-electron chi connectivity index (χ4n) is 4.14. The molecule has 1 aromatic heterocycles. The van der Waals surface area contributed by atoms with Crippen LogP contribution in [0.4, 0.5) is 5.69 Å². The fourth-order valence-corrected chi connectivity index (χ4v) is 5.57. The molecule has 8 heteroatoms. The predicted octanol–water partition coefficient (Wildman–Crippen LogP) is 4.88. The monoisotopic (exact) mass is 495 g/mol. The zero-order chi connectivity index (χ0) is 23.9. The van der Waals surface area contributed by atoms with E-state index < -0.39 is 6.10 Å². The number of likely N-dealkylation sites (tertiary alicyclic amines) is 1. The quantitative estimate of drug-likeness (QED) is 0.465. The Labute approximate surface area is 208 Å². The number of nitrogens with zero attached hydrogens (tertiary/aromatic N) is 2. The summed E-state index contributed by atoms with van der Waals surface area (Å²) in [5.74, 6) is 0.582. The van der Waals surface area contributed by atoms with Gasteiger partial charge in [-0.15, -0.1) is 11.3 Å². The number of aliphatic hydroxyl groups is 1. The first-order chi connectivity index (χ1) is 16.6. The molecule has 0 saturated carbocycles. The highest BCUT2D eigenvalue weighted by Crippen LogP contribution is 2.32. The number of thioether (sulfide) groups is 1. The number of hydrogen-bond acceptors (Lipinski definition) is 6. The Kier molecular flexibility index (Phi) is 8.37. The maximum absolute atomic E-state index is 12.9. The summed E-state index contributed by atoms with van der Waals surface area (Å²) in [7, 11) is 0. The number of para-hydroxylation sites is 1. The molecule has 6 nitrogen and oxygen atoms in total. The maximum Gasteiger partial charge on any atom is 0.275 e. The largest absolute Gasteiger partial charge is 0.383 e. The van der Waals surface area contributed by atoms with Gasteiger partial charge in [0.1, 0.15) is 11.8 Å². The van der Waals surface area contributed by atoms with Crippen LogP contribution in [0.2, 0.25) is 0 Å². The summed E-state index contributed by atoms with van der Waals surface area (Å²) in [6, 6.07) is 17.7. The molecule has 178 valence electrons. The van der Waals surface area contributed by atoms with Gasteiger partial charge in [0.05, 0.1) is 5.01 Å². The van der Waals surface area contributed by atoms with Gasteiger partial charge in [0.25, 0.3) is 11.8 Å². The third kappa shape index (κ3) is 5.87. The van der Waals surface area contributed by atoms with E-state index in [9.17, 15) is 14.7 Å². The minimum atomic E-state index is -0.919. The Morgan fingerprint density at radius 3 is 2.59 bits per heavy atom. The predicted molar refractivity (Wildman–Crippen MR) is 140 cm³/mol. The summed E-state index contributed by atoms with van der Waals surface area (Å²) >= 11 is 3.12. The third-order valence-corrected chi connectivity index (χ3v) is 7.70. The van der Waals surface area contributed by atoms with Gasteiger partial charge >= 0.3 is 0 Å². The van der Waals surface area contributed by atoms with Crippen molar-refractivity contribution in [1.82, 2.24) is 9.88 Å². The molecule has 0 radical (unpaired) electrons. The highest BCUT2D eigenvalue weighted by atomic mass is 32.2. The van der Waals surface area contributed by atoms with Crippen LogP contribution in [0.1, 0.15) is 40.7 Å². The van der Waals surface area contributed by atoms with Gasteiger partial charge in [-0.1, -0.05) is 48.5 Å². The first-order valence-electron chi connectivity index (χ1n) is 11.4. The van der Waals surface area contributed by atoms with Crippen LogP contribution in [-0.2, 0) is 4.79 Å². The number of carbonyl (C=O) groups excluding carboxylic acids is 2. The van der Waals surface area contributed by atoms with E-state index in [-0.39, 0.29) is 17.7 Å². The zero-order valence-corrected chi connectivity index (χ0v) is 20.8. The molecular formula is C26H29N3O3S2. The number of nitrogens with one attached hydrogen (secondary N) is 1. The van der Waals surface area contributed by atoms with Gasteiger partial charge in [0.2, 0.25) is 0 Å². The lowest BCUT2D eigenvalue weighted by Crippen LogP contribution is -2.43. The van der Waals surface area contributed by atoms with Gasteiger partial charge in [0.15, 0.2) is 0 Å². The van der Waals surface area contributed by atoms with Gasteiger partial charge in [0, 0.05) is 35.6 Å². The van der Waals surface area contributed by atoms with Crippen LogP contribution in [0.25, 0.3) is 11.1 Å². The molecule has 3 aromatic rings. The highest BCUT2D eigenvalue weighted by Gasteiger charge is 2.29. The smallest absolute Gasteiger partial charge is 0.275 e. The minimum Gasteiger partial charge on any atom is -0.383 e. The van der Waals surface area contributed by atoms with Crippen LogP contribution in [0.15, 0.2) is 60.0 Å². The van der Waals surface area contributed by atoms with E-state index in [1.165, 1.54) is 11.3 Å². The molecule has 1 atom stereocenters. The Balaban J connectivity index is 1.37. The van der Waals surface area contributed by atoms with Crippen LogP contribution >= 0.6 is 23.1 Å². The Hall–Kier alpha value is -2.68. The molecule has 1 aliphatic rings. The maximum atomic E-state index is 12.9. The van der Waals surface area contributed by atoms with E-state index in [2.05, 4.69) is 10.3 Å². The Morgan fingerprint density at radius 2 is 1.85 bits per heavy atom. The van der Waals surface area contributed by atoms with Crippen molar-refractivity contribution in [2.75, 3.05) is 30.4 Å². The number of piperidine rings is 1. The highest BCUT2D eigenvalue weighted by molar-refractivity contribution is 7.98. The van der Waals surface area contributed by atoms with Crippen LogP contribution in [-0.4, -0.2) is 58.0 Å². The third-order valence-electron chi connectivity index (χ3n) is 6.05. The van der Waals surface area contributed by atoms with Crippen LogP contribution in [0.5, 0.6) is 0 Å². The normalized spacial score (nSPS) is 15.2. The second-order valence-corrected chi connectivity index (χ2v) is 10.2. The lowest BCUT2D eigenvalue weighted by Gasteiger charge is -2.32. The Bertz CT molecular complexity index is 1110. The molecule has 2 heterocycles. The second kappa shape index (κ2) is 11.6. The number of rotatable bonds is 8. The molecule has 1 unspecified atom stereocenters. The van der Waals surface area contributed by atoms with Crippen molar-refractivity contribution < 1.29 is 14.7 Å². The molecule has 2 N–H and O–H groups in total. The summed E-state index contributed by atoms with van der Waals surface area (Å²) in [5.41, 5.74) is 3.16. The van der Waals surface area contributed by atoms with Crippen LogP contribution < -0.4 is 5.32 Å². The van der Waals surface area contributed by atoms with Crippen molar-refractivity contribution >= 4 is 40.6 Å². The van der Waals surface area contributed by atoms with Gasteiger partial charge in [-0.3, -0.25) is 9.59 Å². The van der Waals surface area contributed by atoms with Crippen molar-refractivity contribution in [3.63, 3.8) is 0 Å². The molecule has 1 fully saturated rings. The number of hydrogen-bond donors (Lipinski definition) is 2. The fraction of sp³-hybridized carbons (Fsp3) is 0.346. The van der Waals surface area contributed by atoms with Crippen molar-refractivity contribution in [1.29, 1.82) is 0 Å². The number of carbonyl (C=O) groups is 2. The van der Waals surface area contributed by atoms with Gasteiger partial charge < -0.3 is 15.3 Å². The molecule has 2 amide bonds. The van der Waals surface area contributed by atoms with Gasteiger partial charge in [-0.2, -0.15) is 11.8 Å². The lowest BCUT2D eigenvalue weighted by atomic mass is 9.97. The summed E-state index contributed by atoms with van der Waals surface area (Å²) in [6.45, 7) is 1.21. The summed E-state index contributed by atoms with van der Waals surface area (Å²) in [5, 5.41) is 15.9. The number of aliphatic hydroxyl groups excluding tert-OH is 1. The average Bonchev–Trinajstić information content (AvgIpc) is 3.38. The number of amides is 2. The van der Waals surface area contributed by atoms with Crippen molar-refractivity contribution in [3.05, 3.63) is 70.7 Å². The number of aromatic nitrogens is 1. The van der Waals surface area contributed by atoms with Crippen LogP contribution in [0.3, 0.4) is 0 Å². The molecule has 0 aliphatic carbocycles. The van der Waals surface area contributed by atoms with Crippen molar-refractivity contribution in [3.8, 4) is 11.1 Å². The van der Waals surface area contributed by atoms with Crippen molar-refractivity contribution in [2.45, 2.75) is 31.3 Å². The molecule has 1 saturated heterocycles. The van der Waals surface area contributed by atoms with Gasteiger partial charge in [-0.05, 0) is 42.9 Å². The average molecular weight is 496 g/mol. The van der Waals surface area contributed by atoms with Crippen LogP contribution in [0, 0.1) is 0 Å². The van der Waals surface area contributed by atoms with E-state index in [0.29, 0.717) is 25.2 Å². The zero-order valence-electron chi connectivity index (χ0n) is 19.1. The summed E-state index contributed by atoms with van der Waals surface area (Å²) < 4.78 is 0. The lowest BCUT2D eigenvalue weighted by molar-refractivity contribution is -0.141. The summed E-state index contributed by atoms with van der Waals surface area (Å²) in [6.07, 6.45) is 3.10. The summed E-state index contributed by atoms with van der Waals surface area (Å²) in [4.78, 5) is 31.8. The van der Waals surface area contributed by atoms with E-state index in [4.69, 9.17) is 0 Å². The van der Waals surface area contributed by atoms with E-state index in [0.717, 1.165) is 40.4 Å². The molecule has 2 aromatic carbocycles. The SMILES string of the molecule is CSCCC(O)C(=O)N1CCC(c2nc(C(=O)Nc3ccccc3-c3ccccc3)cs2)CC1. The minimum absolute atomic E-state index is 0.177. The van der Waals surface area contributed by atoms with Crippen molar-refractivity contribution in [2.24, 2.45) is 0 Å². The molecule has 0 bridgehead atoms. The van der Waals surface area contributed by atoms with Gasteiger partial charge in [-0.25, -0.2) is 4.98 Å². The molecule has 34 heavy (non-hydrogen) atoms. The second-order valence-electron chi connectivity index (χ2n) is 8.33. The van der Waals surface area contributed by atoms with E-state index in [1.807, 2.05) is 60.9 Å². The standard InChI is InChI=1S/C26H29N3O3S2/c1-33-16-13-23(30)26(32)29-14-11-19(12-15-29)25-28-22(17-34-25)24(31)27-21-10-6-5-9-20(21)18-7-3-2-4-8-18/h2-10,17,19,23,30H,11-16H2,1H3,(H,27,31). The first-order valence-corrected chi connectivity index (χ1v) is 13.7. The first kappa shape index (κ1) is 24.4. The van der Waals surface area contributed by atoms with E-state index in [1.54, 1.807) is 22.0 Å². The van der Waals surface area contributed by atoms with E-state index >= 15 is 0 Å². The Morgan fingerprint density at radius 1 is 1.15 bits per heavy atom. The number of benzene rings is 2. The topological polar surface area (TPSA) is 82.5 Å². The molecule has 1 aliphatic heterocycles. The number of anilines is 1. The molecule has 4 rings (SSSR count). The number of thiazole rings is 1. The molecular weight excluding hydrogens is 466 g/mol. The molecule has 0 spiro atoms.